The Balaban J connectivity index is 2.00. The Kier molecular flexibility index (Phi) is 2.86. The molecule has 1 atom stereocenters. The lowest BCUT2D eigenvalue weighted by Gasteiger charge is -2.15. The number of rotatable bonds is 3. The fourth-order valence-electron chi connectivity index (χ4n) is 2.07. The van der Waals surface area contributed by atoms with Crippen molar-refractivity contribution in [2.75, 3.05) is 11.1 Å². The second kappa shape index (κ2) is 4.69. The summed E-state index contributed by atoms with van der Waals surface area (Å²) >= 11 is 0. The van der Waals surface area contributed by atoms with Gasteiger partial charge in [-0.15, -0.1) is 0 Å². The molecule has 2 heterocycles. The van der Waals surface area contributed by atoms with E-state index in [2.05, 4.69) is 25.3 Å². The number of aromatic amines is 2. The maximum Gasteiger partial charge on any atom is 0.258 e. The molecule has 1 unspecified atom stereocenters. The van der Waals surface area contributed by atoms with Crippen LogP contribution in [0, 0.1) is 0 Å². The van der Waals surface area contributed by atoms with Crippen LogP contribution in [0.25, 0.3) is 10.9 Å². The molecule has 0 spiro atoms. The number of benzene rings is 1. The minimum Gasteiger partial charge on any atom is -0.397 e. The molecule has 7 nitrogen and oxygen atoms in total. The lowest BCUT2D eigenvalue weighted by molar-refractivity contribution is 0.811. The van der Waals surface area contributed by atoms with Gasteiger partial charge in [0.2, 0.25) is 0 Å². The van der Waals surface area contributed by atoms with Crippen LogP contribution in [0.5, 0.6) is 0 Å². The third kappa shape index (κ3) is 2.09. The quantitative estimate of drug-likeness (QED) is 0.537. The molecule has 0 aliphatic heterocycles. The third-order valence-corrected chi connectivity index (χ3v) is 3.11. The van der Waals surface area contributed by atoms with Crippen LogP contribution in [-0.2, 0) is 0 Å². The lowest BCUT2D eigenvalue weighted by atomic mass is 10.1. The second-order valence-electron chi connectivity index (χ2n) is 4.53. The maximum absolute atomic E-state index is 11.7. The fourth-order valence-corrected chi connectivity index (χ4v) is 2.07. The minimum absolute atomic E-state index is 0.0354. The van der Waals surface area contributed by atoms with E-state index in [0.717, 1.165) is 11.5 Å². The van der Waals surface area contributed by atoms with E-state index in [4.69, 9.17) is 5.73 Å². The lowest BCUT2D eigenvalue weighted by Crippen LogP contribution is -2.12. The van der Waals surface area contributed by atoms with E-state index in [0.29, 0.717) is 16.6 Å². The number of nitrogens with two attached hydrogens (primary N) is 1. The highest BCUT2D eigenvalue weighted by Gasteiger charge is 2.11. The number of nitrogen functional groups attached to an aromatic ring is 1. The van der Waals surface area contributed by atoms with Gasteiger partial charge in [-0.2, -0.15) is 0 Å². The van der Waals surface area contributed by atoms with Crippen molar-refractivity contribution in [1.82, 2.24) is 19.9 Å². The van der Waals surface area contributed by atoms with Crippen molar-refractivity contribution in [3.05, 3.63) is 47.0 Å². The smallest absolute Gasteiger partial charge is 0.258 e. The molecule has 5 N–H and O–H groups in total. The molecule has 0 aliphatic rings. The number of H-pyrrole nitrogens is 2. The predicted molar refractivity (Wildman–Crippen MR) is 77.4 cm³/mol. The Hall–Kier alpha value is -2.83. The Morgan fingerprint density at radius 2 is 2.15 bits per heavy atom. The highest BCUT2D eigenvalue weighted by molar-refractivity contribution is 5.88. The molecule has 0 radical (unpaired) electrons. The first-order valence-corrected chi connectivity index (χ1v) is 6.18. The number of hydrogen-bond donors (Lipinski definition) is 4. The molecule has 0 fully saturated rings. The summed E-state index contributed by atoms with van der Waals surface area (Å²) < 4.78 is 0. The van der Waals surface area contributed by atoms with Crippen LogP contribution in [0.3, 0.4) is 0 Å². The Morgan fingerprint density at radius 3 is 2.90 bits per heavy atom. The number of aromatic nitrogens is 4. The van der Waals surface area contributed by atoms with E-state index in [1.807, 2.05) is 6.92 Å². The first-order chi connectivity index (χ1) is 9.65. The molecular weight excluding hydrogens is 256 g/mol. The predicted octanol–water partition coefficient (Wildman–Crippen LogP) is 1.40. The van der Waals surface area contributed by atoms with Gasteiger partial charge in [0.1, 0.15) is 5.82 Å². The van der Waals surface area contributed by atoms with Crippen molar-refractivity contribution in [3.8, 4) is 0 Å². The van der Waals surface area contributed by atoms with Crippen LogP contribution >= 0.6 is 0 Å². The first kappa shape index (κ1) is 12.2. The van der Waals surface area contributed by atoms with Crippen molar-refractivity contribution in [2.24, 2.45) is 0 Å². The standard InChI is InChI=1S/C13H14N6O/c1-7(12-15-2-3-16-12)19-11-5-10-8(4-9(11)14)13(20)18-6-17-10/h2-7,19H,14H2,1H3,(H,15,16)(H,17,18,20). The van der Waals surface area contributed by atoms with Crippen LogP contribution in [0.2, 0.25) is 0 Å². The molecule has 20 heavy (non-hydrogen) atoms. The summed E-state index contributed by atoms with van der Waals surface area (Å²) in [5, 5.41) is 3.73. The monoisotopic (exact) mass is 270 g/mol. The fraction of sp³-hybridized carbons (Fsp3) is 0.154. The third-order valence-electron chi connectivity index (χ3n) is 3.11. The van der Waals surface area contributed by atoms with Crippen LogP contribution in [-0.4, -0.2) is 19.9 Å². The first-order valence-electron chi connectivity index (χ1n) is 6.18. The average Bonchev–Trinajstić information content (AvgIpc) is 2.95. The van der Waals surface area contributed by atoms with Gasteiger partial charge in [0.25, 0.3) is 5.56 Å². The van der Waals surface area contributed by atoms with Gasteiger partial charge in [-0.1, -0.05) is 0 Å². The number of nitrogens with one attached hydrogen (secondary N) is 3. The number of nitrogens with zero attached hydrogens (tertiary/aromatic N) is 2. The largest absolute Gasteiger partial charge is 0.397 e. The molecule has 3 rings (SSSR count). The molecule has 2 aromatic heterocycles. The second-order valence-corrected chi connectivity index (χ2v) is 4.53. The molecule has 0 bridgehead atoms. The molecule has 102 valence electrons. The van der Waals surface area contributed by atoms with E-state index in [9.17, 15) is 4.79 Å². The van der Waals surface area contributed by atoms with Gasteiger partial charge in [-0.3, -0.25) is 4.79 Å². The Labute approximate surface area is 114 Å². The summed E-state index contributed by atoms with van der Waals surface area (Å²) in [6.45, 7) is 1.97. The summed E-state index contributed by atoms with van der Waals surface area (Å²) in [7, 11) is 0. The number of anilines is 2. The summed E-state index contributed by atoms with van der Waals surface area (Å²) in [6, 6.07) is 3.35. The summed E-state index contributed by atoms with van der Waals surface area (Å²) in [5.41, 5.74) is 7.59. The summed E-state index contributed by atoms with van der Waals surface area (Å²) in [6.07, 6.45) is 4.83. The van der Waals surface area contributed by atoms with E-state index in [-0.39, 0.29) is 11.6 Å². The topological polar surface area (TPSA) is 112 Å². The van der Waals surface area contributed by atoms with Crippen molar-refractivity contribution in [2.45, 2.75) is 13.0 Å². The van der Waals surface area contributed by atoms with Crippen LogP contribution < -0.4 is 16.6 Å². The zero-order chi connectivity index (χ0) is 14.1. The molecule has 0 saturated carbocycles. The van der Waals surface area contributed by atoms with Gasteiger partial charge >= 0.3 is 0 Å². The number of fused-ring (bicyclic) bond motifs is 1. The van der Waals surface area contributed by atoms with Crippen molar-refractivity contribution >= 4 is 22.3 Å². The van der Waals surface area contributed by atoms with Gasteiger partial charge in [-0.05, 0) is 19.1 Å². The normalized spacial score (nSPS) is 12.4. The van der Waals surface area contributed by atoms with Crippen molar-refractivity contribution < 1.29 is 0 Å². The van der Waals surface area contributed by atoms with E-state index >= 15 is 0 Å². The van der Waals surface area contributed by atoms with Gasteiger partial charge in [0.05, 0.1) is 34.6 Å². The van der Waals surface area contributed by atoms with Crippen molar-refractivity contribution in [3.63, 3.8) is 0 Å². The van der Waals surface area contributed by atoms with E-state index < -0.39 is 0 Å². The van der Waals surface area contributed by atoms with E-state index in [1.54, 1.807) is 24.5 Å². The van der Waals surface area contributed by atoms with Gasteiger partial charge in [0.15, 0.2) is 0 Å². The van der Waals surface area contributed by atoms with Gasteiger partial charge in [-0.25, -0.2) is 9.97 Å². The highest BCUT2D eigenvalue weighted by Crippen LogP contribution is 2.26. The summed E-state index contributed by atoms with van der Waals surface area (Å²) in [4.78, 5) is 25.6. The van der Waals surface area contributed by atoms with Crippen molar-refractivity contribution in [1.29, 1.82) is 0 Å². The van der Waals surface area contributed by atoms with Crippen LogP contribution in [0.1, 0.15) is 18.8 Å². The zero-order valence-corrected chi connectivity index (χ0v) is 10.8. The number of hydrogen-bond acceptors (Lipinski definition) is 5. The van der Waals surface area contributed by atoms with E-state index in [1.165, 1.54) is 6.33 Å². The average molecular weight is 270 g/mol. The molecule has 0 saturated heterocycles. The number of imidazole rings is 1. The Morgan fingerprint density at radius 1 is 1.30 bits per heavy atom. The molecule has 0 aliphatic carbocycles. The molecule has 0 amide bonds. The maximum atomic E-state index is 11.7. The van der Waals surface area contributed by atoms with Crippen LogP contribution in [0.15, 0.2) is 35.6 Å². The molecule has 1 aromatic carbocycles. The zero-order valence-electron chi connectivity index (χ0n) is 10.8. The Bertz CT molecular complexity index is 792. The highest BCUT2D eigenvalue weighted by atomic mass is 16.1. The SMILES string of the molecule is CC(Nc1cc2nc[nH]c(=O)c2cc1N)c1ncc[nH]1. The van der Waals surface area contributed by atoms with Gasteiger partial charge < -0.3 is 21.0 Å². The molecular formula is C13H14N6O. The summed E-state index contributed by atoms with van der Waals surface area (Å²) in [5.74, 6) is 0.809. The molecule has 3 aromatic rings. The van der Waals surface area contributed by atoms with Gasteiger partial charge in [0, 0.05) is 12.4 Å². The van der Waals surface area contributed by atoms with Crippen LogP contribution in [0.4, 0.5) is 11.4 Å². The minimum atomic E-state index is -0.202. The molecule has 7 heteroatoms.